The molecule has 4 nitrogen and oxygen atoms in total. The molecule has 0 aliphatic carbocycles. The fraction of sp³-hybridized carbons (Fsp3) is 0.647. The fourth-order valence-corrected chi connectivity index (χ4v) is 3.02. The molecule has 0 saturated carbocycles. The molecular weight excluding hydrogens is 264 g/mol. The van der Waals surface area contributed by atoms with Crippen LogP contribution >= 0.6 is 0 Å². The second-order valence-corrected chi connectivity index (χ2v) is 6.28. The Hall–Kier alpha value is -1.42. The van der Waals surface area contributed by atoms with Crippen LogP contribution < -0.4 is 19.7 Å². The molecule has 4 heteroatoms. The first-order valence-electron chi connectivity index (χ1n) is 7.77. The van der Waals surface area contributed by atoms with E-state index in [1.807, 2.05) is 6.07 Å². The quantitative estimate of drug-likeness (QED) is 0.905. The number of methoxy groups -OCH3 is 2. The molecule has 1 saturated heterocycles. The molecule has 1 aromatic carbocycles. The van der Waals surface area contributed by atoms with Crippen LogP contribution in [0, 0.1) is 5.92 Å². The number of rotatable bonds is 5. The summed E-state index contributed by atoms with van der Waals surface area (Å²) < 4.78 is 10.8. The maximum Gasteiger partial charge on any atom is 0.162 e. The van der Waals surface area contributed by atoms with E-state index in [4.69, 9.17) is 9.47 Å². The maximum atomic E-state index is 5.43. The van der Waals surface area contributed by atoms with Crippen LogP contribution in [-0.4, -0.2) is 39.4 Å². The van der Waals surface area contributed by atoms with Gasteiger partial charge < -0.3 is 19.7 Å². The van der Waals surface area contributed by atoms with E-state index < -0.39 is 0 Å². The van der Waals surface area contributed by atoms with Crippen molar-refractivity contribution in [3.63, 3.8) is 0 Å². The Labute approximate surface area is 128 Å². The smallest absolute Gasteiger partial charge is 0.162 e. The Balaban J connectivity index is 2.18. The number of anilines is 1. The highest BCUT2D eigenvalue weighted by Crippen LogP contribution is 2.33. The Kier molecular flexibility index (Phi) is 5.34. The zero-order chi connectivity index (χ0) is 15.4. The molecule has 0 radical (unpaired) electrons. The van der Waals surface area contributed by atoms with Gasteiger partial charge in [-0.25, -0.2) is 0 Å². The van der Waals surface area contributed by atoms with E-state index in [0.29, 0.717) is 18.0 Å². The summed E-state index contributed by atoms with van der Waals surface area (Å²) in [5.41, 5.74) is 1.20. The summed E-state index contributed by atoms with van der Waals surface area (Å²) >= 11 is 0. The van der Waals surface area contributed by atoms with Crippen LogP contribution in [0.1, 0.15) is 27.2 Å². The van der Waals surface area contributed by atoms with Gasteiger partial charge in [-0.1, -0.05) is 13.8 Å². The molecule has 0 aromatic heterocycles. The summed E-state index contributed by atoms with van der Waals surface area (Å²) in [6.07, 6.45) is 1.20. The molecule has 118 valence electrons. The van der Waals surface area contributed by atoms with E-state index in [0.717, 1.165) is 24.6 Å². The summed E-state index contributed by atoms with van der Waals surface area (Å²) in [6, 6.07) is 7.21. The summed E-state index contributed by atoms with van der Waals surface area (Å²) in [5.74, 6) is 2.28. The first-order valence-corrected chi connectivity index (χ1v) is 7.77. The minimum Gasteiger partial charge on any atom is -0.493 e. The van der Waals surface area contributed by atoms with Gasteiger partial charge in [-0.3, -0.25) is 0 Å². The monoisotopic (exact) mass is 292 g/mol. The van der Waals surface area contributed by atoms with E-state index in [-0.39, 0.29) is 0 Å². The third kappa shape index (κ3) is 3.82. The van der Waals surface area contributed by atoms with Gasteiger partial charge in [-0.15, -0.1) is 0 Å². The van der Waals surface area contributed by atoms with Crippen LogP contribution in [0.3, 0.4) is 0 Å². The summed E-state index contributed by atoms with van der Waals surface area (Å²) in [7, 11) is 3.36. The van der Waals surface area contributed by atoms with Crippen LogP contribution in [0.4, 0.5) is 5.69 Å². The summed E-state index contributed by atoms with van der Waals surface area (Å²) in [5, 5.41) is 3.65. The number of hydrogen-bond acceptors (Lipinski definition) is 4. The van der Waals surface area contributed by atoms with Gasteiger partial charge in [0, 0.05) is 36.9 Å². The van der Waals surface area contributed by atoms with Gasteiger partial charge in [0.15, 0.2) is 11.5 Å². The van der Waals surface area contributed by atoms with Crippen molar-refractivity contribution in [2.75, 3.05) is 32.2 Å². The number of piperazine rings is 1. The first-order chi connectivity index (χ1) is 10.0. The van der Waals surface area contributed by atoms with Gasteiger partial charge in [0.2, 0.25) is 0 Å². The Morgan fingerprint density at radius 2 is 1.95 bits per heavy atom. The molecule has 0 spiro atoms. The highest BCUT2D eigenvalue weighted by molar-refractivity contribution is 5.57. The number of ether oxygens (including phenoxy) is 2. The maximum absolute atomic E-state index is 5.43. The van der Waals surface area contributed by atoms with Crippen LogP contribution in [0.25, 0.3) is 0 Å². The third-order valence-electron chi connectivity index (χ3n) is 4.11. The van der Waals surface area contributed by atoms with Crippen LogP contribution in [0.2, 0.25) is 0 Å². The standard InChI is InChI=1S/C17H28N2O2/c1-12(2)8-14-11-19(13(3)10-18-14)15-6-7-16(20-4)17(9-15)21-5/h6-7,9,12-14,18H,8,10-11H2,1-5H3. The molecule has 1 N–H and O–H groups in total. The van der Waals surface area contributed by atoms with E-state index >= 15 is 0 Å². The molecule has 0 bridgehead atoms. The van der Waals surface area contributed by atoms with Crippen molar-refractivity contribution in [1.82, 2.24) is 5.32 Å². The molecule has 1 aromatic rings. The second-order valence-electron chi connectivity index (χ2n) is 6.28. The minimum absolute atomic E-state index is 0.478. The van der Waals surface area contributed by atoms with Crippen LogP contribution in [0.5, 0.6) is 11.5 Å². The highest BCUT2D eigenvalue weighted by atomic mass is 16.5. The van der Waals surface area contributed by atoms with Crippen molar-refractivity contribution in [2.45, 2.75) is 39.3 Å². The zero-order valence-electron chi connectivity index (χ0n) is 13.8. The van der Waals surface area contributed by atoms with Crippen molar-refractivity contribution >= 4 is 5.69 Å². The summed E-state index contributed by atoms with van der Waals surface area (Å²) in [6.45, 7) is 8.87. The van der Waals surface area contributed by atoms with Gasteiger partial charge in [-0.2, -0.15) is 0 Å². The predicted octanol–water partition coefficient (Wildman–Crippen LogP) is 2.92. The van der Waals surface area contributed by atoms with Crippen molar-refractivity contribution in [2.24, 2.45) is 5.92 Å². The molecule has 1 heterocycles. The molecule has 1 aliphatic rings. The van der Waals surface area contributed by atoms with Gasteiger partial charge in [0.05, 0.1) is 14.2 Å². The van der Waals surface area contributed by atoms with Crippen LogP contribution in [0.15, 0.2) is 18.2 Å². The van der Waals surface area contributed by atoms with Gasteiger partial charge in [-0.05, 0) is 31.4 Å². The number of nitrogens with one attached hydrogen (secondary N) is 1. The minimum atomic E-state index is 0.478. The van der Waals surface area contributed by atoms with Crippen molar-refractivity contribution < 1.29 is 9.47 Å². The third-order valence-corrected chi connectivity index (χ3v) is 4.11. The number of hydrogen-bond donors (Lipinski definition) is 1. The SMILES string of the molecule is COc1ccc(N2CC(CC(C)C)NCC2C)cc1OC. The van der Waals surface area contributed by atoms with Gasteiger partial charge in [0.1, 0.15) is 0 Å². The highest BCUT2D eigenvalue weighted by Gasteiger charge is 2.26. The first kappa shape index (κ1) is 16.0. The van der Waals surface area contributed by atoms with Crippen molar-refractivity contribution in [1.29, 1.82) is 0 Å². The van der Waals surface area contributed by atoms with Gasteiger partial charge >= 0.3 is 0 Å². The zero-order valence-corrected chi connectivity index (χ0v) is 13.8. The number of nitrogens with zero attached hydrogens (tertiary/aromatic N) is 1. The van der Waals surface area contributed by atoms with E-state index in [9.17, 15) is 0 Å². The lowest BCUT2D eigenvalue weighted by molar-refractivity contribution is 0.349. The average molecular weight is 292 g/mol. The molecule has 0 amide bonds. The lowest BCUT2D eigenvalue weighted by Gasteiger charge is -2.41. The van der Waals surface area contributed by atoms with Gasteiger partial charge in [0.25, 0.3) is 0 Å². The van der Waals surface area contributed by atoms with E-state index in [1.165, 1.54) is 12.1 Å². The Morgan fingerprint density at radius 1 is 1.24 bits per heavy atom. The molecule has 2 unspecified atom stereocenters. The predicted molar refractivity (Wildman–Crippen MR) is 87.6 cm³/mol. The molecule has 2 atom stereocenters. The average Bonchev–Trinajstić information content (AvgIpc) is 2.48. The van der Waals surface area contributed by atoms with Crippen molar-refractivity contribution in [3.8, 4) is 11.5 Å². The Bertz CT molecular complexity index is 462. The molecule has 1 aliphatic heterocycles. The lowest BCUT2D eigenvalue weighted by Crippen LogP contribution is -2.55. The topological polar surface area (TPSA) is 33.7 Å². The summed E-state index contributed by atoms with van der Waals surface area (Å²) in [4.78, 5) is 2.46. The van der Waals surface area contributed by atoms with Crippen LogP contribution in [-0.2, 0) is 0 Å². The van der Waals surface area contributed by atoms with E-state index in [2.05, 4.69) is 43.1 Å². The molecule has 21 heavy (non-hydrogen) atoms. The molecule has 1 fully saturated rings. The van der Waals surface area contributed by atoms with E-state index in [1.54, 1.807) is 14.2 Å². The largest absolute Gasteiger partial charge is 0.493 e. The normalized spacial score (nSPS) is 22.5. The lowest BCUT2D eigenvalue weighted by atomic mass is 9.99. The number of benzene rings is 1. The Morgan fingerprint density at radius 3 is 2.57 bits per heavy atom. The van der Waals surface area contributed by atoms with Crippen molar-refractivity contribution in [3.05, 3.63) is 18.2 Å². The molecular formula is C17H28N2O2. The molecule has 2 rings (SSSR count). The second kappa shape index (κ2) is 7.03. The fourth-order valence-electron chi connectivity index (χ4n) is 3.02.